The zero-order valence-electron chi connectivity index (χ0n) is 7.59. The molecule has 66 valence electrons. The van der Waals surface area contributed by atoms with Gasteiger partial charge >= 0.3 is 0 Å². The summed E-state index contributed by atoms with van der Waals surface area (Å²) in [6.07, 6.45) is 5.76. The van der Waals surface area contributed by atoms with Gasteiger partial charge < -0.3 is 0 Å². The molecule has 1 saturated carbocycles. The molecule has 1 unspecified atom stereocenters. The van der Waals surface area contributed by atoms with Crippen molar-refractivity contribution in [3.8, 4) is 0 Å². The number of ketones is 2. The summed E-state index contributed by atoms with van der Waals surface area (Å²) in [6.45, 7) is 3.40. The lowest BCUT2D eigenvalue weighted by atomic mass is 9.87. The predicted octanol–water partition coefficient (Wildman–Crippen LogP) is 1.89. The highest BCUT2D eigenvalue weighted by molar-refractivity contribution is 5.92. The van der Waals surface area contributed by atoms with E-state index in [1.165, 1.54) is 13.0 Å². The van der Waals surface area contributed by atoms with E-state index in [1.807, 2.05) is 6.92 Å². The van der Waals surface area contributed by atoms with E-state index in [2.05, 4.69) is 0 Å². The highest BCUT2D eigenvalue weighted by Gasteiger charge is 2.34. The van der Waals surface area contributed by atoms with E-state index in [0.29, 0.717) is 6.42 Å². The summed E-state index contributed by atoms with van der Waals surface area (Å²) in [7, 11) is 0. The monoisotopic (exact) mass is 166 g/mol. The summed E-state index contributed by atoms with van der Waals surface area (Å²) >= 11 is 0. The summed E-state index contributed by atoms with van der Waals surface area (Å²) in [5.41, 5.74) is -0.355. The average molecular weight is 166 g/mol. The SMILES string of the molecule is CC(=O)/C=C/C1(C)CCCC1=O. The molecule has 0 aromatic rings. The first-order valence-electron chi connectivity index (χ1n) is 4.28. The third-order valence-corrected chi connectivity index (χ3v) is 2.42. The van der Waals surface area contributed by atoms with Crippen molar-refractivity contribution < 1.29 is 9.59 Å². The lowest BCUT2D eigenvalue weighted by Crippen LogP contribution is -2.18. The maximum atomic E-state index is 11.3. The Morgan fingerprint density at radius 1 is 1.58 bits per heavy atom. The molecule has 0 spiro atoms. The minimum absolute atomic E-state index is 0.0101. The molecular formula is C10H14O2. The lowest BCUT2D eigenvalue weighted by molar-refractivity contribution is -0.123. The smallest absolute Gasteiger partial charge is 0.152 e. The van der Waals surface area contributed by atoms with Gasteiger partial charge in [-0.25, -0.2) is 0 Å². The van der Waals surface area contributed by atoms with Crippen molar-refractivity contribution in [1.29, 1.82) is 0 Å². The second-order valence-corrected chi connectivity index (χ2v) is 3.64. The third-order valence-electron chi connectivity index (χ3n) is 2.42. The molecule has 2 nitrogen and oxygen atoms in total. The van der Waals surface area contributed by atoms with Gasteiger partial charge in [-0.15, -0.1) is 0 Å². The van der Waals surface area contributed by atoms with Crippen LogP contribution < -0.4 is 0 Å². The van der Waals surface area contributed by atoms with Gasteiger partial charge in [0.15, 0.2) is 5.78 Å². The van der Waals surface area contributed by atoms with Gasteiger partial charge in [0.05, 0.1) is 0 Å². The maximum Gasteiger partial charge on any atom is 0.152 e. The Balaban J connectivity index is 2.72. The van der Waals surface area contributed by atoms with Crippen LogP contribution >= 0.6 is 0 Å². The van der Waals surface area contributed by atoms with Gasteiger partial charge in [0, 0.05) is 11.8 Å². The molecule has 1 aliphatic carbocycles. The Hall–Kier alpha value is -0.920. The topological polar surface area (TPSA) is 34.1 Å². The van der Waals surface area contributed by atoms with Crippen molar-refractivity contribution in [2.75, 3.05) is 0 Å². The number of carbonyl (C=O) groups excluding carboxylic acids is 2. The molecule has 0 radical (unpaired) electrons. The summed E-state index contributed by atoms with van der Waals surface area (Å²) in [5.74, 6) is 0.274. The van der Waals surface area contributed by atoms with Gasteiger partial charge in [0.25, 0.3) is 0 Å². The van der Waals surface area contributed by atoms with Crippen LogP contribution in [-0.4, -0.2) is 11.6 Å². The summed E-state index contributed by atoms with van der Waals surface area (Å²) in [4.78, 5) is 22.0. The molecule has 0 aromatic heterocycles. The van der Waals surface area contributed by atoms with E-state index >= 15 is 0 Å². The van der Waals surface area contributed by atoms with Crippen LogP contribution in [0.25, 0.3) is 0 Å². The van der Waals surface area contributed by atoms with Crippen LogP contribution in [0.4, 0.5) is 0 Å². The first-order valence-corrected chi connectivity index (χ1v) is 4.28. The molecule has 0 saturated heterocycles. The fraction of sp³-hybridized carbons (Fsp3) is 0.600. The van der Waals surface area contributed by atoms with Crippen molar-refractivity contribution in [2.24, 2.45) is 5.41 Å². The van der Waals surface area contributed by atoms with Crippen LogP contribution in [0.15, 0.2) is 12.2 Å². The normalized spacial score (nSPS) is 30.0. The van der Waals surface area contributed by atoms with Gasteiger partial charge in [0.2, 0.25) is 0 Å². The molecule has 0 aromatic carbocycles. The number of allylic oxidation sites excluding steroid dienone is 2. The zero-order chi connectivity index (χ0) is 9.19. The van der Waals surface area contributed by atoms with Gasteiger partial charge in [-0.1, -0.05) is 6.08 Å². The standard InChI is InChI=1S/C10H14O2/c1-8(11)5-7-10(2)6-3-4-9(10)12/h5,7H,3-4,6H2,1-2H3/b7-5+. The van der Waals surface area contributed by atoms with Crippen LogP contribution in [0.5, 0.6) is 0 Å². The fourth-order valence-electron chi connectivity index (χ4n) is 1.52. The number of hydrogen-bond donors (Lipinski definition) is 0. The Kier molecular flexibility index (Phi) is 2.46. The maximum absolute atomic E-state index is 11.3. The summed E-state index contributed by atoms with van der Waals surface area (Å²) in [6, 6.07) is 0. The largest absolute Gasteiger partial charge is 0.299 e. The Labute approximate surface area is 72.7 Å². The average Bonchev–Trinajstić information content (AvgIpc) is 2.30. The molecular weight excluding hydrogens is 152 g/mol. The predicted molar refractivity (Wildman–Crippen MR) is 46.8 cm³/mol. The highest BCUT2D eigenvalue weighted by Crippen LogP contribution is 2.35. The first-order chi connectivity index (χ1) is 5.54. The van der Waals surface area contributed by atoms with Crippen molar-refractivity contribution in [2.45, 2.75) is 33.1 Å². The molecule has 2 heteroatoms. The molecule has 0 N–H and O–H groups in total. The van der Waals surface area contributed by atoms with E-state index in [9.17, 15) is 9.59 Å². The van der Waals surface area contributed by atoms with E-state index in [-0.39, 0.29) is 17.0 Å². The molecule has 1 fully saturated rings. The molecule has 0 amide bonds. The van der Waals surface area contributed by atoms with Gasteiger partial charge in [-0.3, -0.25) is 9.59 Å². The number of rotatable bonds is 2. The van der Waals surface area contributed by atoms with Gasteiger partial charge in [0.1, 0.15) is 5.78 Å². The zero-order valence-corrected chi connectivity index (χ0v) is 7.59. The number of carbonyl (C=O) groups is 2. The van der Waals surface area contributed by atoms with Crippen LogP contribution in [0.2, 0.25) is 0 Å². The van der Waals surface area contributed by atoms with Crippen LogP contribution in [0.1, 0.15) is 33.1 Å². The quantitative estimate of drug-likeness (QED) is 0.587. The van der Waals surface area contributed by atoms with Crippen molar-refractivity contribution >= 4 is 11.6 Å². The van der Waals surface area contributed by atoms with Crippen LogP contribution in [0, 0.1) is 5.41 Å². The minimum atomic E-state index is -0.355. The minimum Gasteiger partial charge on any atom is -0.299 e. The van der Waals surface area contributed by atoms with Crippen molar-refractivity contribution in [3.05, 3.63) is 12.2 Å². The van der Waals surface area contributed by atoms with Crippen molar-refractivity contribution in [3.63, 3.8) is 0 Å². The second kappa shape index (κ2) is 3.21. The molecule has 0 bridgehead atoms. The van der Waals surface area contributed by atoms with E-state index in [4.69, 9.17) is 0 Å². The molecule has 1 atom stereocenters. The van der Waals surface area contributed by atoms with Gasteiger partial charge in [-0.05, 0) is 32.8 Å². The van der Waals surface area contributed by atoms with E-state index < -0.39 is 0 Å². The number of hydrogen-bond acceptors (Lipinski definition) is 2. The fourth-order valence-corrected chi connectivity index (χ4v) is 1.52. The summed E-state index contributed by atoms with van der Waals surface area (Å²) < 4.78 is 0. The molecule has 1 rings (SSSR count). The molecule has 0 aliphatic heterocycles. The Bertz CT molecular complexity index is 240. The molecule has 12 heavy (non-hydrogen) atoms. The van der Waals surface area contributed by atoms with E-state index in [1.54, 1.807) is 6.08 Å². The van der Waals surface area contributed by atoms with Crippen LogP contribution in [-0.2, 0) is 9.59 Å². The molecule has 1 aliphatic rings. The molecule has 0 heterocycles. The Morgan fingerprint density at radius 2 is 2.25 bits per heavy atom. The van der Waals surface area contributed by atoms with E-state index in [0.717, 1.165) is 12.8 Å². The first kappa shape index (κ1) is 9.17. The highest BCUT2D eigenvalue weighted by atomic mass is 16.1. The summed E-state index contributed by atoms with van der Waals surface area (Å²) in [5, 5.41) is 0. The van der Waals surface area contributed by atoms with Gasteiger partial charge in [-0.2, -0.15) is 0 Å². The number of Topliss-reactive ketones (excluding diaryl/α,β-unsaturated/α-hetero) is 1. The Morgan fingerprint density at radius 3 is 2.67 bits per heavy atom. The second-order valence-electron chi connectivity index (χ2n) is 3.64. The van der Waals surface area contributed by atoms with Crippen LogP contribution in [0.3, 0.4) is 0 Å². The third kappa shape index (κ3) is 1.81. The lowest BCUT2D eigenvalue weighted by Gasteiger charge is -2.15. The van der Waals surface area contributed by atoms with Crippen molar-refractivity contribution in [1.82, 2.24) is 0 Å².